The van der Waals surface area contributed by atoms with Crippen LogP contribution in [0.25, 0.3) is 11.0 Å². The van der Waals surface area contributed by atoms with E-state index in [4.69, 9.17) is 11.6 Å². The molecule has 9 heteroatoms. The molecule has 0 atom stereocenters. The lowest BCUT2D eigenvalue weighted by molar-refractivity contribution is -0.0497. The van der Waals surface area contributed by atoms with Gasteiger partial charge < -0.3 is 10.1 Å². The summed E-state index contributed by atoms with van der Waals surface area (Å²) < 4.78 is 30.5. The van der Waals surface area contributed by atoms with Crippen LogP contribution in [0.2, 0.25) is 5.02 Å². The van der Waals surface area contributed by atoms with Crippen molar-refractivity contribution >= 4 is 34.2 Å². The van der Waals surface area contributed by atoms with E-state index in [2.05, 4.69) is 20.1 Å². The molecule has 136 valence electrons. The summed E-state index contributed by atoms with van der Waals surface area (Å²) in [7, 11) is 1.75. The van der Waals surface area contributed by atoms with E-state index in [-0.39, 0.29) is 16.7 Å². The molecule has 0 aliphatic rings. The van der Waals surface area contributed by atoms with Gasteiger partial charge in [-0.1, -0.05) is 11.6 Å². The van der Waals surface area contributed by atoms with Gasteiger partial charge in [-0.05, 0) is 38.1 Å². The van der Waals surface area contributed by atoms with E-state index >= 15 is 0 Å². The van der Waals surface area contributed by atoms with Gasteiger partial charge in [0.05, 0.1) is 21.7 Å². The number of alkyl halides is 2. The number of hydrogen-bond donors (Lipinski definition) is 1. The van der Waals surface area contributed by atoms with E-state index in [0.717, 1.165) is 0 Å². The van der Waals surface area contributed by atoms with Crippen molar-refractivity contribution in [1.82, 2.24) is 14.8 Å². The zero-order valence-electron chi connectivity index (χ0n) is 14.2. The number of anilines is 1. The number of carbonyl (C=O) groups is 1. The lowest BCUT2D eigenvalue weighted by Gasteiger charge is -2.10. The summed E-state index contributed by atoms with van der Waals surface area (Å²) in [6.07, 6.45) is 0. The molecule has 0 spiro atoms. The highest BCUT2D eigenvalue weighted by molar-refractivity contribution is 6.32. The highest BCUT2D eigenvalue weighted by Gasteiger charge is 2.18. The second-order valence-electron chi connectivity index (χ2n) is 5.70. The molecule has 0 fully saturated rings. The fourth-order valence-electron chi connectivity index (χ4n) is 2.72. The first-order valence-electron chi connectivity index (χ1n) is 7.63. The lowest BCUT2D eigenvalue weighted by Crippen LogP contribution is -2.13. The van der Waals surface area contributed by atoms with Gasteiger partial charge in [0.25, 0.3) is 5.91 Å². The van der Waals surface area contributed by atoms with Gasteiger partial charge in [-0.25, -0.2) is 4.98 Å². The van der Waals surface area contributed by atoms with Crippen molar-refractivity contribution in [2.75, 3.05) is 5.32 Å². The van der Waals surface area contributed by atoms with Crippen molar-refractivity contribution in [2.45, 2.75) is 20.5 Å². The number of hydrogen-bond acceptors (Lipinski definition) is 4. The number of aromatic nitrogens is 3. The smallest absolute Gasteiger partial charge is 0.387 e. The molecule has 0 aliphatic carbocycles. The van der Waals surface area contributed by atoms with Gasteiger partial charge in [0, 0.05) is 18.4 Å². The van der Waals surface area contributed by atoms with Crippen molar-refractivity contribution < 1.29 is 18.3 Å². The van der Waals surface area contributed by atoms with Crippen LogP contribution < -0.4 is 10.1 Å². The van der Waals surface area contributed by atoms with Crippen LogP contribution in [0.5, 0.6) is 5.75 Å². The summed E-state index contributed by atoms with van der Waals surface area (Å²) in [5, 5.41) is 7.63. The maximum Gasteiger partial charge on any atom is 0.387 e. The molecule has 1 N–H and O–H groups in total. The average molecular weight is 381 g/mol. The molecule has 3 rings (SSSR count). The number of nitrogens with zero attached hydrogens (tertiary/aromatic N) is 3. The standard InChI is InChI=1S/C17H15ClF2N4O2/c1-8-6-11(14-9(2)23-24(3)15(14)21-8)16(25)22-10-4-5-13(12(18)7-10)26-17(19)20/h4-7,17H,1-3H3,(H,22,25). The van der Waals surface area contributed by atoms with Gasteiger partial charge in [0.2, 0.25) is 0 Å². The second kappa shape index (κ2) is 6.87. The van der Waals surface area contributed by atoms with Gasteiger partial charge in [0.15, 0.2) is 5.65 Å². The molecule has 0 saturated heterocycles. The highest BCUT2D eigenvalue weighted by atomic mass is 35.5. The normalized spacial score (nSPS) is 11.2. The summed E-state index contributed by atoms with van der Waals surface area (Å²) >= 11 is 5.92. The minimum Gasteiger partial charge on any atom is -0.433 e. The number of aryl methyl sites for hydroxylation is 3. The van der Waals surface area contributed by atoms with Gasteiger partial charge in [0.1, 0.15) is 5.75 Å². The molecule has 26 heavy (non-hydrogen) atoms. The monoisotopic (exact) mass is 380 g/mol. The Morgan fingerprint density at radius 2 is 2.04 bits per heavy atom. The van der Waals surface area contributed by atoms with Crippen molar-refractivity contribution in [3.63, 3.8) is 0 Å². The first kappa shape index (κ1) is 18.1. The van der Waals surface area contributed by atoms with Crippen molar-refractivity contribution in [1.29, 1.82) is 0 Å². The fraction of sp³-hybridized carbons (Fsp3) is 0.235. The third-order valence-electron chi connectivity index (χ3n) is 3.75. The van der Waals surface area contributed by atoms with Gasteiger partial charge in [-0.15, -0.1) is 0 Å². The molecule has 0 aliphatic heterocycles. The number of pyridine rings is 1. The Kier molecular flexibility index (Phi) is 4.78. The lowest BCUT2D eigenvalue weighted by atomic mass is 10.1. The molecule has 2 aromatic heterocycles. The third kappa shape index (κ3) is 3.45. The predicted octanol–water partition coefficient (Wildman–Crippen LogP) is 4.09. The summed E-state index contributed by atoms with van der Waals surface area (Å²) in [5.41, 5.74) is 2.72. The van der Waals surface area contributed by atoms with E-state index in [0.29, 0.717) is 33.7 Å². The zero-order valence-corrected chi connectivity index (χ0v) is 14.9. The molecule has 2 heterocycles. The van der Waals surface area contributed by atoms with Crippen molar-refractivity contribution in [3.05, 3.63) is 46.2 Å². The van der Waals surface area contributed by atoms with Crippen LogP contribution in [0, 0.1) is 13.8 Å². The first-order chi connectivity index (χ1) is 12.3. The third-order valence-corrected chi connectivity index (χ3v) is 4.04. The number of amides is 1. The largest absolute Gasteiger partial charge is 0.433 e. The maximum atomic E-state index is 12.7. The highest BCUT2D eigenvalue weighted by Crippen LogP contribution is 2.29. The molecule has 0 unspecified atom stereocenters. The van der Waals surface area contributed by atoms with Gasteiger partial charge >= 0.3 is 6.61 Å². The van der Waals surface area contributed by atoms with E-state index in [9.17, 15) is 13.6 Å². The summed E-state index contributed by atoms with van der Waals surface area (Å²) in [5.74, 6) is -0.542. The van der Waals surface area contributed by atoms with Crippen molar-refractivity contribution in [2.24, 2.45) is 7.05 Å². The number of fused-ring (bicyclic) bond motifs is 1. The summed E-state index contributed by atoms with van der Waals surface area (Å²) in [4.78, 5) is 17.2. The number of halogens is 3. The van der Waals surface area contributed by atoms with Gasteiger partial charge in [-0.2, -0.15) is 13.9 Å². The average Bonchev–Trinajstić information content (AvgIpc) is 2.83. The number of carbonyl (C=O) groups excluding carboxylic acids is 1. The van der Waals surface area contributed by atoms with E-state index in [1.54, 1.807) is 31.6 Å². The van der Waals surface area contributed by atoms with Crippen LogP contribution in [-0.2, 0) is 7.05 Å². The number of benzene rings is 1. The minimum atomic E-state index is -2.98. The SMILES string of the molecule is Cc1cc(C(=O)Nc2ccc(OC(F)F)c(Cl)c2)c2c(C)nn(C)c2n1. The molecular weight excluding hydrogens is 366 g/mol. The number of ether oxygens (including phenoxy) is 1. The Labute approximate surface area is 152 Å². The topological polar surface area (TPSA) is 69.0 Å². The molecule has 3 aromatic rings. The quantitative estimate of drug-likeness (QED) is 0.740. The van der Waals surface area contributed by atoms with E-state index in [1.807, 2.05) is 0 Å². The van der Waals surface area contributed by atoms with Crippen LogP contribution in [0.3, 0.4) is 0 Å². The molecule has 1 aromatic carbocycles. The first-order valence-corrected chi connectivity index (χ1v) is 8.00. The van der Waals surface area contributed by atoms with Crippen LogP contribution in [0.15, 0.2) is 24.3 Å². The molecule has 1 amide bonds. The van der Waals surface area contributed by atoms with E-state index in [1.165, 1.54) is 18.2 Å². The van der Waals surface area contributed by atoms with Crippen LogP contribution in [0.4, 0.5) is 14.5 Å². The number of rotatable bonds is 4. The molecule has 6 nitrogen and oxygen atoms in total. The molecular formula is C17H15ClF2N4O2. The Balaban J connectivity index is 1.94. The van der Waals surface area contributed by atoms with E-state index < -0.39 is 6.61 Å². The summed E-state index contributed by atoms with van der Waals surface area (Å²) in [6, 6.07) is 5.72. The molecule has 0 bridgehead atoms. The Hall–Kier alpha value is -2.74. The minimum absolute atomic E-state index is 0.0308. The van der Waals surface area contributed by atoms with Gasteiger partial charge in [-0.3, -0.25) is 9.48 Å². The Morgan fingerprint density at radius 1 is 1.31 bits per heavy atom. The maximum absolute atomic E-state index is 12.7. The molecule has 0 radical (unpaired) electrons. The Morgan fingerprint density at radius 3 is 2.69 bits per heavy atom. The number of nitrogens with one attached hydrogen (secondary N) is 1. The fourth-order valence-corrected chi connectivity index (χ4v) is 2.94. The van der Waals surface area contributed by atoms with Crippen molar-refractivity contribution in [3.8, 4) is 5.75 Å². The zero-order chi connectivity index (χ0) is 19.0. The predicted molar refractivity (Wildman–Crippen MR) is 94.0 cm³/mol. The Bertz CT molecular complexity index is 1000. The second-order valence-corrected chi connectivity index (χ2v) is 6.10. The molecule has 0 saturated carbocycles. The summed E-state index contributed by atoms with van der Waals surface area (Å²) in [6.45, 7) is 0.601. The van der Waals surface area contributed by atoms with Crippen LogP contribution in [0.1, 0.15) is 21.7 Å². The van der Waals surface area contributed by atoms with Crippen LogP contribution in [-0.4, -0.2) is 27.3 Å². The van der Waals surface area contributed by atoms with Crippen LogP contribution >= 0.6 is 11.6 Å².